The number of methoxy groups -OCH3 is 1. The molecule has 0 spiro atoms. The van der Waals surface area contributed by atoms with Gasteiger partial charge in [-0.2, -0.15) is 0 Å². The molecule has 1 N–H and O–H groups in total. The fourth-order valence-corrected chi connectivity index (χ4v) is 1.97. The molecule has 0 atom stereocenters. The van der Waals surface area contributed by atoms with E-state index in [1.54, 1.807) is 0 Å². The highest BCUT2D eigenvalue weighted by Gasteiger charge is 2.56. The Kier molecular flexibility index (Phi) is 2.12. The average Bonchev–Trinajstić information content (AvgIpc) is 2.41. The van der Waals surface area contributed by atoms with Gasteiger partial charge in [-0.1, -0.05) is 0 Å². The first kappa shape index (κ1) is 8.81. The molecule has 2 saturated heterocycles. The molecule has 1 saturated carbocycles. The lowest BCUT2D eigenvalue weighted by Crippen LogP contribution is -2.41. The molecule has 11 heavy (non-hydrogen) atoms. The van der Waals surface area contributed by atoms with Crippen LogP contribution in [0, 0.1) is 5.41 Å². The molecule has 3 aliphatic rings. The minimum absolute atomic E-state index is 0. The zero-order valence-corrected chi connectivity index (χ0v) is 7.24. The summed E-state index contributed by atoms with van der Waals surface area (Å²) < 4.78 is 4.70. The summed E-state index contributed by atoms with van der Waals surface area (Å²) in [6, 6.07) is 0.596. The third-order valence-electron chi connectivity index (χ3n) is 2.62. The first-order chi connectivity index (χ1) is 4.77. The van der Waals surface area contributed by atoms with Crippen molar-refractivity contribution in [3.8, 4) is 0 Å². The highest BCUT2D eigenvalue weighted by atomic mass is 35.5. The van der Waals surface area contributed by atoms with E-state index in [4.69, 9.17) is 4.74 Å². The van der Waals surface area contributed by atoms with Crippen molar-refractivity contribution >= 4 is 18.4 Å². The van der Waals surface area contributed by atoms with E-state index in [-0.39, 0.29) is 23.8 Å². The van der Waals surface area contributed by atoms with Crippen LogP contribution in [0.2, 0.25) is 0 Å². The van der Waals surface area contributed by atoms with E-state index in [1.807, 2.05) is 0 Å². The number of ether oxygens (including phenoxy) is 1. The van der Waals surface area contributed by atoms with Crippen LogP contribution in [-0.4, -0.2) is 25.7 Å². The van der Waals surface area contributed by atoms with Crippen LogP contribution < -0.4 is 5.32 Å². The summed E-state index contributed by atoms with van der Waals surface area (Å²) in [6.07, 6.45) is 1.97. The van der Waals surface area contributed by atoms with Crippen LogP contribution in [-0.2, 0) is 9.53 Å². The highest BCUT2D eigenvalue weighted by Crippen LogP contribution is 2.46. The van der Waals surface area contributed by atoms with Crippen molar-refractivity contribution in [2.45, 2.75) is 18.9 Å². The smallest absolute Gasteiger partial charge is 0.313 e. The summed E-state index contributed by atoms with van der Waals surface area (Å²) in [4.78, 5) is 11.1. The topological polar surface area (TPSA) is 38.3 Å². The average molecular weight is 178 g/mol. The van der Waals surface area contributed by atoms with Crippen molar-refractivity contribution in [3.63, 3.8) is 0 Å². The van der Waals surface area contributed by atoms with Gasteiger partial charge in [0.15, 0.2) is 0 Å². The third-order valence-corrected chi connectivity index (χ3v) is 2.62. The first-order valence-electron chi connectivity index (χ1n) is 3.59. The number of carbonyl (C=O) groups excluding carboxylic acids is 1. The van der Waals surface area contributed by atoms with Gasteiger partial charge >= 0.3 is 5.97 Å². The molecule has 0 amide bonds. The van der Waals surface area contributed by atoms with Crippen molar-refractivity contribution < 1.29 is 9.53 Å². The van der Waals surface area contributed by atoms with Gasteiger partial charge in [0.2, 0.25) is 0 Å². The van der Waals surface area contributed by atoms with Gasteiger partial charge < -0.3 is 10.1 Å². The Balaban J connectivity index is 0.000000605. The fourth-order valence-electron chi connectivity index (χ4n) is 1.97. The molecule has 64 valence electrons. The number of hydrogen-bond acceptors (Lipinski definition) is 3. The van der Waals surface area contributed by atoms with Gasteiger partial charge in [-0.15, -0.1) is 12.4 Å². The third kappa shape index (κ3) is 1.03. The maximum absolute atomic E-state index is 11.1. The van der Waals surface area contributed by atoms with E-state index < -0.39 is 0 Å². The Labute approximate surface area is 71.9 Å². The molecular weight excluding hydrogens is 166 g/mol. The molecule has 4 heteroatoms. The summed E-state index contributed by atoms with van der Waals surface area (Å²) >= 11 is 0. The fraction of sp³-hybridized carbons (Fsp3) is 0.857. The van der Waals surface area contributed by atoms with E-state index in [2.05, 4.69) is 5.32 Å². The minimum atomic E-state index is -0.126. The predicted octanol–water partition coefficient (Wildman–Crippen LogP) is 0.333. The number of fused-ring (bicyclic) bond motifs is 1. The van der Waals surface area contributed by atoms with Crippen molar-refractivity contribution in [3.05, 3.63) is 0 Å². The first-order valence-corrected chi connectivity index (χ1v) is 3.59. The molecule has 0 aromatic rings. The van der Waals surface area contributed by atoms with E-state index in [0.717, 1.165) is 19.4 Å². The van der Waals surface area contributed by atoms with Crippen LogP contribution >= 0.6 is 12.4 Å². The van der Waals surface area contributed by atoms with Gasteiger partial charge in [0.1, 0.15) is 0 Å². The van der Waals surface area contributed by atoms with Crippen LogP contribution in [0.15, 0.2) is 0 Å². The van der Waals surface area contributed by atoms with Crippen molar-refractivity contribution in [1.29, 1.82) is 0 Å². The van der Waals surface area contributed by atoms with Gasteiger partial charge in [0.05, 0.1) is 12.5 Å². The zero-order valence-electron chi connectivity index (χ0n) is 6.42. The van der Waals surface area contributed by atoms with Crippen LogP contribution in [0.3, 0.4) is 0 Å². The second-order valence-electron chi connectivity index (χ2n) is 3.26. The molecule has 3 fully saturated rings. The monoisotopic (exact) mass is 177 g/mol. The second-order valence-corrected chi connectivity index (χ2v) is 3.26. The molecule has 0 radical (unpaired) electrons. The number of carbonyl (C=O) groups is 1. The quantitative estimate of drug-likeness (QED) is 0.587. The Morgan fingerprint density at radius 2 is 2.27 bits per heavy atom. The molecule has 3 rings (SSSR count). The van der Waals surface area contributed by atoms with E-state index in [1.165, 1.54) is 7.11 Å². The van der Waals surface area contributed by atoms with Crippen molar-refractivity contribution in [2.75, 3.05) is 13.7 Å². The molecule has 0 unspecified atom stereocenters. The lowest BCUT2D eigenvalue weighted by molar-refractivity contribution is -0.154. The number of nitrogens with one attached hydrogen (secondary N) is 1. The van der Waals surface area contributed by atoms with E-state index in [9.17, 15) is 4.79 Å². The summed E-state index contributed by atoms with van der Waals surface area (Å²) in [5.74, 6) is -0.0336. The van der Waals surface area contributed by atoms with Crippen LogP contribution in [0.5, 0.6) is 0 Å². The standard InChI is InChI=1S/C7H11NO2.ClH/c1-10-6(9)7-2-5(3-7)8-4-7;/h5,8H,2-4H2,1H3;1H. The molecule has 1 aliphatic carbocycles. The second kappa shape index (κ2) is 2.64. The lowest BCUT2D eigenvalue weighted by atomic mass is 9.70. The summed E-state index contributed by atoms with van der Waals surface area (Å²) in [7, 11) is 1.46. The van der Waals surface area contributed by atoms with E-state index in [0.29, 0.717) is 6.04 Å². The van der Waals surface area contributed by atoms with Crippen molar-refractivity contribution in [2.24, 2.45) is 5.41 Å². The van der Waals surface area contributed by atoms with Gasteiger partial charge in [0, 0.05) is 12.6 Å². The Bertz CT molecular complexity index is 172. The van der Waals surface area contributed by atoms with Crippen molar-refractivity contribution in [1.82, 2.24) is 5.32 Å². The van der Waals surface area contributed by atoms with Gasteiger partial charge in [-0.05, 0) is 12.8 Å². The molecule has 2 heterocycles. The molecule has 2 bridgehead atoms. The lowest BCUT2D eigenvalue weighted by Gasteiger charge is -2.33. The Morgan fingerprint density at radius 1 is 1.64 bits per heavy atom. The highest BCUT2D eigenvalue weighted by molar-refractivity contribution is 5.85. The summed E-state index contributed by atoms with van der Waals surface area (Å²) in [5, 5.41) is 3.25. The molecule has 2 aliphatic heterocycles. The van der Waals surface area contributed by atoms with Gasteiger partial charge in [0.25, 0.3) is 0 Å². The Morgan fingerprint density at radius 3 is 2.64 bits per heavy atom. The minimum Gasteiger partial charge on any atom is -0.469 e. The zero-order chi connectivity index (χ0) is 7.19. The van der Waals surface area contributed by atoms with Gasteiger partial charge in [-0.25, -0.2) is 0 Å². The summed E-state index contributed by atoms with van der Waals surface area (Å²) in [5.41, 5.74) is -0.126. The number of hydrogen-bond donors (Lipinski definition) is 1. The summed E-state index contributed by atoms with van der Waals surface area (Å²) in [6.45, 7) is 0.824. The normalized spacial score (nSPS) is 38.8. The maximum Gasteiger partial charge on any atom is 0.313 e. The molecule has 0 aromatic heterocycles. The van der Waals surface area contributed by atoms with Crippen LogP contribution in [0.25, 0.3) is 0 Å². The maximum atomic E-state index is 11.1. The number of halogens is 1. The van der Waals surface area contributed by atoms with Crippen LogP contribution in [0.1, 0.15) is 12.8 Å². The largest absolute Gasteiger partial charge is 0.469 e. The molecular formula is C7H12ClNO2. The SMILES string of the molecule is COC(=O)C12CNC(C1)C2.Cl. The van der Waals surface area contributed by atoms with E-state index >= 15 is 0 Å². The number of rotatable bonds is 1. The van der Waals surface area contributed by atoms with Crippen LogP contribution in [0.4, 0.5) is 0 Å². The molecule has 3 nitrogen and oxygen atoms in total. The molecule has 0 aromatic carbocycles. The Hall–Kier alpha value is -0.280. The predicted molar refractivity (Wildman–Crippen MR) is 42.7 cm³/mol. The van der Waals surface area contributed by atoms with Gasteiger partial charge in [-0.3, -0.25) is 4.79 Å². The number of esters is 1.